The van der Waals surface area contributed by atoms with Crippen LogP contribution in [0, 0.1) is 11.8 Å². The molecule has 5 aliphatic heterocycles. The van der Waals surface area contributed by atoms with Gasteiger partial charge in [-0.15, -0.1) is 0 Å². The van der Waals surface area contributed by atoms with E-state index in [1.54, 1.807) is 4.90 Å². The van der Waals surface area contributed by atoms with Gasteiger partial charge in [0.05, 0.1) is 31.8 Å². The van der Waals surface area contributed by atoms with Crippen LogP contribution in [0.3, 0.4) is 0 Å². The van der Waals surface area contributed by atoms with Crippen molar-refractivity contribution < 1.29 is 33.7 Å². The molecule has 2 amide bonds. The highest BCUT2D eigenvalue weighted by atomic mass is 16.6. The summed E-state index contributed by atoms with van der Waals surface area (Å²) in [5, 5.41) is 9.20. The van der Waals surface area contributed by atoms with Crippen LogP contribution >= 0.6 is 0 Å². The number of amides is 2. The molecule has 1 spiro atoms. The van der Waals surface area contributed by atoms with E-state index in [1.807, 2.05) is 29.2 Å². The number of likely N-dealkylation sites (tertiary alicyclic amines) is 1. The van der Waals surface area contributed by atoms with Crippen LogP contribution in [0.2, 0.25) is 0 Å². The fourth-order valence-corrected chi connectivity index (χ4v) is 6.40. The number of morpholine rings is 1. The maximum absolute atomic E-state index is 14.2. The van der Waals surface area contributed by atoms with Gasteiger partial charge in [0.2, 0.25) is 11.8 Å². The number of unbranched alkanes of at least 4 members (excludes halogenated alkanes) is 2. The van der Waals surface area contributed by atoms with Crippen molar-refractivity contribution in [2.45, 2.75) is 49.9 Å². The number of carbonyl (C=O) groups excluding carboxylic acids is 3. The minimum atomic E-state index is -1.21. The lowest BCUT2D eigenvalue weighted by Crippen LogP contribution is -2.56. The Labute approximate surface area is 218 Å². The minimum Gasteiger partial charge on any atom is -0.465 e. The average Bonchev–Trinajstić information content (AvgIpc) is 3.31. The largest absolute Gasteiger partial charge is 0.465 e. The monoisotopic (exact) mass is 517 g/mol. The maximum atomic E-state index is 14.2. The van der Waals surface area contributed by atoms with Crippen molar-refractivity contribution in [3.8, 4) is 0 Å². The zero-order valence-electron chi connectivity index (χ0n) is 21.5. The van der Waals surface area contributed by atoms with Crippen LogP contribution in [0.15, 0.2) is 24.3 Å². The van der Waals surface area contributed by atoms with Crippen LogP contribution < -0.4 is 0 Å². The topological polar surface area (TPSA) is 109 Å². The molecule has 10 nitrogen and oxygen atoms in total. The summed E-state index contributed by atoms with van der Waals surface area (Å²) in [6, 6.07) is -0.834. The SMILES string of the molecule is O=C1OCCC/C=C\[C@H]2OC34C=CCN(CCN5CCOCC5)C(=O)[C@H]3N(CCCCCO)C(=O)[C@@H]4C12. The summed E-state index contributed by atoms with van der Waals surface area (Å²) in [5.41, 5.74) is -1.21. The van der Waals surface area contributed by atoms with Crippen LogP contribution in [-0.2, 0) is 28.6 Å². The van der Waals surface area contributed by atoms with E-state index in [4.69, 9.17) is 14.2 Å². The first-order valence-electron chi connectivity index (χ1n) is 13.8. The molecule has 5 rings (SSSR count). The van der Waals surface area contributed by atoms with E-state index < -0.39 is 35.6 Å². The number of hydrogen-bond donors (Lipinski definition) is 1. The molecule has 0 saturated carbocycles. The lowest BCUT2D eigenvalue weighted by atomic mass is 9.78. The third-order valence-electron chi connectivity index (χ3n) is 8.28. The number of cyclic esters (lactones) is 1. The summed E-state index contributed by atoms with van der Waals surface area (Å²) in [6.45, 7) is 5.54. The fraction of sp³-hybridized carbons (Fsp3) is 0.741. The van der Waals surface area contributed by atoms with Crippen LogP contribution in [0.5, 0.6) is 0 Å². The number of carbonyl (C=O) groups is 3. The molecule has 37 heavy (non-hydrogen) atoms. The van der Waals surface area contributed by atoms with Gasteiger partial charge in [-0.2, -0.15) is 0 Å². The summed E-state index contributed by atoms with van der Waals surface area (Å²) in [4.78, 5) is 47.1. The predicted octanol–water partition coefficient (Wildman–Crippen LogP) is 0.354. The Kier molecular flexibility index (Phi) is 8.28. The molecule has 1 N–H and O–H groups in total. The molecule has 0 bridgehead atoms. The molecule has 0 aliphatic carbocycles. The van der Waals surface area contributed by atoms with Crippen LogP contribution in [0.1, 0.15) is 32.1 Å². The third-order valence-corrected chi connectivity index (χ3v) is 8.28. The molecule has 0 aromatic heterocycles. The van der Waals surface area contributed by atoms with Crippen molar-refractivity contribution in [2.24, 2.45) is 11.8 Å². The van der Waals surface area contributed by atoms with E-state index >= 15 is 0 Å². The Hall–Kier alpha value is -2.27. The number of allylic oxidation sites excluding steroid dienone is 1. The second kappa shape index (κ2) is 11.6. The van der Waals surface area contributed by atoms with E-state index in [0.717, 1.165) is 38.9 Å². The van der Waals surface area contributed by atoms with E-state index in [0.29, 0.717) is 52.3 Å². The first-order valence-corrected chi connectivity index (χ1v) is 13.8. The van der Waals surface area contributed by atoms with Crippen molar-refractivity contribution >= 4 is 17.8 Å². The van der Waals surface area contributed by atoms with E-state index in [-0.39, 0.29) is 18.4 Å². The number of fused-ring (bicyclic) bond motifs is 2. The van der Waals surface area contributed by atoms with Gasteiger partial charge in [-0.3, -0.25) is 19.3 Å². The van der Waals surface area contributed by atoms with Crippen LogP contribution in [0.4, 0.5) is 0 Å². The maximum Gasteiger partial charge on any atom is 0.312 e. The molecule has 2 unspecified atom stereocenters. The second-order valence-electron chi connectivity index (χ2n) is 10.5. The molecule has 5 atom stereocenters. The zero-order valence-corrected chi connectivity index (χ0v) is 21.5. The Morgan fingerprint density at radius 3 is 2.62 bits per heavy atom. The lowest BCUT2D eigenvalue weighted by Gasteiger charge is -2.36. The van der Waals surface area contributed by atoms with Gasteiger partial charge in [0.15, 0.2) is 0 Å². The number of nitrogens with zero attached hydrogens (tertiary/aromatic N) is 3. The fourth-order valence-electron chi connectivity index (χ4n) is 6.40. The first-order chi connectivity index (χ1) is 18.1. The number of esters is 1. The summed E-state index contributed by atoms with van der Waals surface area (Å²) in [7, 11) is 0. The standard InChI is InChI=1S/C27H39N3O7/c31-16-5-2-4-11-30-23-25(33)29(13-12-28-14-18-35-19-15-28)10-7-9-27(23)22(24(30)32)21-20(37-27)8-3-1-6-17-36-26(21)34/h3,7-9,20-23,31H,1-2,4-6,10-19H2/b8-3-/t20-,21?,22+,23-,27?/m1/s1. The smallest absolute Gasteiger partial charge is 0.312 e. The summed E-state index contributed by atoms with van der Waals surface area (Å²) in [5.74, 6) is -2.39. The minimum absolute atomic E-state index is 0.0893. The van der Waals surface area contributed by atoms with Crippen molar-refractivity contribution in [1.82, 2.24) is 14.7 Å². The quantitative estimate of drug-likeness (QED) is 0.279. The normalized spacial score (nSPS) is 35.2. The molecule has 3 saturated heterocycles. The van der Waals surface area contributed by atoms with Gasteiger partial charge in [0.1, 0.15) is 17.6 Å². The van der Waals surface area contributed by atoms with Crippen molar-refractivity contribution in [3.63, 3.8) is 0 Å². The molecule has 3 fully saturated rings. The number of rotatable bonds is 8. The molecule has 204 valence electrons. The number of ether oxygens (including phenoxy) is 3. The molecule has 5 aliphatic rings. The van der Waals surface area contributed by atoms with Crippen LogP contribution in [0.25, 0.3) is 0 Å². The molecule has 0 radical (unpaired) electrons. The van der Waals surface area contributed by atoms with Gasteiger partial charge >= 0.3 is 5.97 Å². The number of aliphatic hydroxyl groups is 1. The van der Waals surface area contributed by atoms with Gasteiger partial charge in [0.25, 0.3) is 0 Å². The Bertz CT molecular complexity index is 918. The van der Waals surface area contributed by atoms with E-state index in [2.05, 4.69) is 4.90 Å². The van der Waals surface area contributed by atoms with Crippen LogP contribution in [-0.4, -0.2) is 121 Å². The molecule has 0 aromatic carbocycles. The predicted molar refractivity (Wildman–Crippen MR) is 133 cm³/mol. The Morgan fingerprint density at radius 1 is 0.973 bits per heavy atom. The number of aliphatic hydroxyl groups excluding tert-OH is 1. The highest BCUT2D eigenvalue weighted by molar-refractivity contribution is 5.99. The summed E-state index contributed by atoms with van der Waals surface area (Å²) < 4.78 is 17.6. The van der Waals surface area contributed by atoms with Crippen molar-refractivity contribution in [2.75, 3.05) is 65.7 Å². The first kappa shape index (κ1) is 26.3. The van der Waals surface area contributed by atoms with Crippen molar-refractivity contribution in [1.29, 1.82) is 0 Å². The lowest BCUT2D eigenvalue weighted by molar-refractivity contribution is -0.154. The van der Waals surface area contributed by atoms with Gasteiger partial charge in [0, 0.05) is 45.9 Å². The van der Waals surface area contributed by atoms with Gasteiger partial charge in [-0.1, -0.05) is 24.3 Å². The van der Waals surface area contributed by atoms with E-state index in [1.165, 1.54) is 0 Å². The molecule has 5 heterocycles. The van der Waals surface area contributed by atoms with Gasteiger partial charge in [-0.25, -0.2) is 0 Å². The zero-order chi connectivity index (χ0) is 25.8. The van der Waals surface area contributed by atoms with Gasteiger partial charge < -0.3 is 29.1 Å². The van der Waals surface area contributed by atoms with Crippen molar-refractivity contribution in [3.05, 3.63) is 24.3 Å². The summed E-state index contributed by atoms with van der Waals surface area (Å²) in [6.07, 6.45) is 10.6. The van der Waals surface area contributed by atoms with Gasteiger partial charge in [-0.05, 0) is 32.1 Å². The third kappa shape index (κ3) is 5.08. The molecular weight excluding hydrogens is 478 g/mol. The number of hydrogen-bond acceptors (Lipinski definition) is 8. The Morgan fingerprint density at radius 2 is 1.81 bits per heavy atom. The highest BCUT2D eigenvalue weighted by Gasteiger charge is 2.71. The average molecular weight is 518 g/mol. The van der Waals surface area contributed by atoms with E-state index in [9.17, 15) is 19.5 Å². The summed E-state index contributed by atoms with van der Waals surface area (Å²) >= 11 is 0. The molecule has 10 heteroatoms. The molecule has 0 aromatic rings. The second-order valence-corrected chi connectivity index (χ2v) is 10.5. The highest BCUT2D eigenvalue weighted by Crippen LogP contribution is 2.53. The Balaban J connectivity index is 1.44. The molecular formula is C27H39N3O7.